The molecule has 1 aliphatic heterocycles. The van der Waals surface area contributed by atoms with Crippen LogP contribution in [0.1, 0.15) is 37.1 Å². The summed E-state index contributed by atoms with van der Waals surface area (Å²) >= 11 is 6.09. The van der Waals surface area contributed by atoms with E-state index in [1.807, 2.05) is 30.3 Å². The van der Waals surface area contributed by atoms with Crippen LogP contribution in [0, 0.1) is 5.92 Å². The summed E-state index contributed by atoms with van der Waals surface area (Å²) in [7, 11) is 0. The van der Waals surface area contributed by atoms with Crippen LogP contribution in [0.2, 0.25) is 5.02 Å². The summed E-state index contributed by atoms with van der Waals surface area (Å²) in [5.41, 5.74) is 2.45. The molecule has 0 bridgehead atoms. The summed E-state index contributed by atoms with van der Waals surface area (Å²) in [6.07, 6.45) is 0. The summed E-state index contributed by atoms with van der Waals surface area (Å²) in [6, 6.07) is 16.8. The van der Waals surface area contributed by atoms with Gasteiger partial charge in [0.15, 0.2) is 0 Å². The highest BCUT2D eigenvalue weighted by Gasteiger charge is 2.28. The molecular formula is C18H20ClNO. The zero-order valence-electron chi connectivity index (χ0n) is 12.3. The van der Waals surface area contributed by atoms with Gasteiger partial charge in [0.2, 0.25) is 0 Å². The largest absolute Gasteiger partial charge is 0.493 e. The van der Waals surface area contributed by atoms with Gasteiger partial charge in [-0.1, -0.05) is 48.9 Å². The Morgan fingerprint density at radius 1 is 1.19 bits per heavy atom. The minimum absolute atomic E-state index is 0.238. The van der Waals surface area contributed by atoms with Crippen molar-refractivity contribution >= 4 is 11.6 Å². The molecule has 0 spiro atoms. The van der Waals surface area contributed by atoms with Crippen LogP contribution in [0.4, 0.5) is 0 Å². The number of fused-ring (bicyclic) bond motifs is 1. The minimum Gasteiger partial charge on any atom is -0.493 e. The fourth-order valence-electron chi connectivity index (χ4n) is 2.89. The average molecular weight is 302 g/mol. The summed E-state index contributed by atoms with van der Waals surface area (Å²) in [4.78, 5) is 0. The van der Waals surface area contributed by atoms with E-state index in [9.17, 15) is 0 Å². The van der Waals surface area contributed by atoms with Gasteiger partial charge in [-0.05, 0) is 30.7 Å². The molecule has 21 heavy (non-hydrogen) atoms. The SMILES string of the molecule is CC1COc2ccccc2C1N[C@@H](C)c1cccc(Cl)c1. The van der Waals surface area contributed by atoms with Crippen LogP contribution in [0.5, 0.6) is 5.75 Å². The van der Waals surface area contributed by atoms with Crippen LogP contribution in [-0.2, 0) is 0 Å². The second-order valence-electron chi connectivity index (χ2n) is 5.75. The molecule has 1 aliphatic rings. The summed E-state index contributed by atoms with van der Waals surface area (Å²) < 4.78 is 5.81. The molecule has 1 N–H and O–H groups in total. The normalized spacial score (nSPS) is 22.2. The Kier molecular flexibility index (Phi) is 4.18. The molecule has 2 aromatic carbocycles. The number of nitrogens with one attached hydrogen (secondary N) is 1. The number of para-hydroxylation sites is 1. The van der Waals surface area contributed by atoms with Gasteiger partial charge in [-0.15, -0.1) is 0 Å². The molecule has 3 heteroatoms. The highest BCUT2D eigenvalue weighted by atomic mass is 35.5. The Morgan fingerprint density at radius 3 is 2.81 bits per heavy atom. The monoisotopic (exact) mass is 301 g/mol. The maximum absolute atomic E-state index is 6.09. The standard InChI is InChI=1S/C18H20ClNO/c1-12-11-21-17-9-4-3-8-16(17)18(12)20-13(2)14-6-5-7-15(19)10-14/h3-10,12-13,18,20H,11H2,1-2H3/t12?,13-,18?/m0/s1. The lowest BCUT2D eigenvalue weighted by Crippen LogP contribution is -2.35. The van der Waals surface area contributed by atoms with E-state index < -0.39 is 0 Å². The van der Waals surface area contributed by atoms with Crippen LogP contribution in [0.25, 0.3) is 0 Å². The molecule has 1 heterocycles. The van der Waals surface area contributed by atoms with E-state index in [1.165, 1.54) is 11.1 Å². The Hall–Kier alpha value is -1.51. The fraction of sp³-hybridized carbons (Fsp3) is 0.333. The van der Waals surface area contributed by atoms with Gasteiger partial charge in [0.25, 0.3) is 0 Å². The molecule has 2 unspecified atom stereocenters. The predicted molar refractivity (Wildman–Crippen MR) is 86.8 cm³/mol. The first-order chi connectivity index (χ1) is 10.1. The quantitative estimate of drug-likeness (QED) is 0.882. The smallest absolute Gasteiger partial charge is 0.124 e. The van der Waals surface area contributed by atoms with Crippen molar-refractivity contribution in [3.63, 3.8) is 0 Å². The third-order valence-electron chi connectivity index (χ3n) is 4.10. The Balaban J connectivity index is 1.84. The molecule has 110 valence electrons. The van der Waals surface area contributed by atoms with Gasteiger partial charge in [-0.2, -0.15) is 0 Å². The maximum atomic E-state index is 6.09. The van der Waals surface area contributed by atoms with Crippen molar-refractivity contribution in [2.75, 3.05) is 6.61 Å². The van der Waals surface area contributed by atoms with Crippen LogP contribution in [0.3, 0.4) is 0 Å². The van der Waals surface area contributed by atoms with Crippen LogP contribution < -0.4 is 10.1 Å². The molecule has 0 saturated heterocycles. The number of hydrogen-bond acceptors (Lipinski definition) is 2. The minimum atomic E-state index is 0.238. The highest BCUT2D eigenvalue weighted by Crippen LogP contribution is 2.36. The van der Waals surface area contributed by atoms with Crippen molar-refractivity contribution in [3.8, 4) is 5.75 Å². The lowest BCUT2D eigenvalue weighted by atomic mass is 9.91. The Labute approximate surface area is 131 Å². The third kappa shape index (κ3) is 3.07. The predicted octanol–water partition coefficient (Wildman–Crippen LogP) is 4.76. The molecule has 2 aromatic rings. The number of benzene rings is 2. The topological polar surface area (TPSA) is 21.3 Å². The molecule has 2 nitrogen and oxygen atoms in total. The van der Waals surface area contributed by atoms with Crippen molar-refractivity contribution < 1.29 is 4.74 Å². The van der Waals surface area contributed by atoms with Gasteiger partial charge in [0, 0.05) is 28.6 Å². The van der Waals surface area contributed by atoms with E-state index in [2.05, 4.69) is 37.4 Å². The van der Waals surface area contributed by atoms with Gasteiger partial charge in [0.1, 0.15) is 5.75 Å². The molecule has 0 saturated carbocycles. The molecule has 3 rings (SSSR count). The first-order valence-corrected chi connectivity index (χ1v) is 7.76. The Bertz CT molecular complexity index is 628. The zero-order valence-corrected chi connectivity index (χ0v) is 13.1. The molecule has 0 fully saturated rings. The van der Waals surface area contributed by atoms with Crippen molar-refractivity contribution in [2.24, 2.45) is 5.92 Å². The van der Waals surface area contributed by atoms with E-state index in [4.69, 9.17) is 16.3 Å². The number of halogens is 1. The highest BCUT2D eigenvalue weighted by molar-refractivity contribution is 6.30. The van der Waals surface area contributed by atoms with E-state index in [1.54, 1.807) is 0 Å². The van der Waals surface area contributed by atoms with Gasteiger partial charge in [-0.25, -0.2) is 0 Å². The van der Waals surface area contributed by atoms with Crippen molar-refractivity contribution in [1.82, 2.24) is 5.32 Å². The van der Waals surface area contributed by atoms with Gasteiger partial charge < -0.3 is 10.1 Å². The van der Waals surface area contributed by atoms with E-state index >= 15 is 0 Å². The molecule has 3 atom stereocenters. The number of ether oxygens (including phenoxy) is 1. The van der Waals surface area contributed by atoms with E-state index in [0.717, 1.165) is 17.4 Å². The third-order valence-corrected chi connectivity index (χ3v) is 4.34. The fourth-order valence-corrected chi connectivity index (χ4v) is 3.09. The number of hydrogen-bond donors (Lipinski definition) is 1. The zero-order chi connectivity index (χ0) is 14.8. The second-order valence-corrected chi connectivity index (χ2v) is 6.18. The van der Waals surface area contributed by atoms with Crippen molar-refractivity contribution in [1.29, 1.82) is 0 Å². The summed E-state index contributed by atoms with van der Waals surface area (Å²) in [6.45, 7) is 5.14. The lowest BCUT2D eigenvalue weighted by molar-refractivity contribution is 0.182. The molecule has 0 aliphatic carbocycles. The molecule has 0 amide bonds. The van der Waals surface area contributed by atoms with Crippen LogP contribution in [-0.4, -0.2) is 6.61 Å². The van der Waals surface area contributed by atoms with Crippen LogP contribution in [0.15, 0.2) is 48.5 Å². The van der Waals surface area contributed by atoms with Gasteiger partial charge in [-0.3, -0.25) is 0 Å². The first-order valence-electron chi connectivity index (χ1n) is 7.38. The molecule has 0 radical (unpaired) electrons. The van der Waals surface area contributed by atoms with Gasteiger partial charge >= 0.3 is 0 Å². The second kappa shape index (κ2) is 6.08. The van der Waals surface area contributed by atoms with Crippen LogP contribution >= 0.6 is 11.6 Å². The van der Waals surface area contributed by atoms with E-state index in [0.29, 0.717) is 12.0 Å². The maximum Gasteiger partial charge on any atom is 0.124 e. The molecule has 0 aromatic heterocycles. The summed E-state index contributed by atoms with van der Waals surface area (Å²) in [5.74, 6) is 1.42. The van der Waals surface area contributed by atoms with Crippen molar-refractivity contribution in [2.45, 2.75) is 25.9 Å². The average Bonchev–Trinajstić information content (AvgIpc) is 2.50. The summed E-state index contributed by atoms with van der Waals surface area (Å²) in [5, 5.41) is 4.51. The lowest BCUT2D eigenvalue weighted by Gasteiger charge is -2.34. The molecular weight excluding hydrogens is 282 g/mol. The van der Waals surface area contributed by atoms with Crippen molar-refractivity contribution in [3.05, 3.63) is 64.7 Å². The first kappa shape index (κ1) is 14.4. The van der Waals surface area contributed by atoms with Gasteiger partial charge in [0.05, 0.1) is 6.61 Å². The van der Waals surface area contributed by atoms with E-state index in [-0.39, 0.29) is 6.04 Å². The Morgan fingerprint density at radius 2 is 2.00 bits per heavy atom. The number of rotatable bonds is 3.